The Morgan fingerprint density at radius 2 is 2.00 bits per heavy atom. The lowest BCUT2D eigenvalue weighted by Crippen LogP contribution is -1.99. The number of ether oxygens (including phenoxy) is 1. The van der Waals surface area contributed by atoms with Crippen molar-refractivity contribution in [2.24, 2.45) is 0 Å². The third-order valence-corrected chi connectivity index (χ3v) is 2.42. The zero-order chi connectivity index (χ0) is 12.3. The van der Waals surface area contributed by atoms with Crippen LogP contribution in [-0.4, -0.2) is 4.98 Å². The molecule has 2 rings (SSSR count). The molecule has 0 aliphatic heterocycles. The number of benzene rings is 1. The Morgan fingerprint density at radius 1 is 1.18 bits per heavy atom. The van der Waals surface area contributed by atoms with Crippen LogP contribution >= 0.6 is 11.6 Å². The summed E-state index contributed by atoms with van der Waals surface area (Å²) in [5.74, 6) is -0.735. The lowest BCUT2D eigenvalue weighted by atomic mass is 10.2. The lowest BCUT2D eigenvalue weighted by Gasteiger charge is -2.07. The summed E-state index contributed by atoms with van der Waals surface area (Å²) in [5.41, 5.74) is 0.335. The van der Waals surface area contributed by atoms with Crippen molar-refractivity contribution >= 4 is 11.6 Å². The lowest BCUT2D eigenvalue weighted by molar-refractivity contribution is 0.297. The van der Waals surface area contributed by atoms with Gasteiger partial charge in [-0.2, -0.15) is 4.39 Å². The first-order valence-corrected chi connectivity index (χ1v) is 5.22. The number of halogens is 3. The smallest absolute Gasteiger partial charge is 0.213 e. The molecule has 17 heavy (non-hydrogen) atoms. The van der Waals surface area contributed by atoms with Gasteiger partial charge in [0.15, 0.2) is 0 Å². The molecule has 2 aromatic rings. The molecule has 1 heterocycles. The second kappa shape index (κ2) is 5.10. The standard InChI is InChI=1S/C12H8ClF2NO/c13-10-3-1-2-8(12(10)15)7-17-9-4-5-11(14)16-6-9/h1-6H,7H2. The first kappa shape index (κ1) is 11.8. The molecule has 0 saturated heterocycles. The second-order valence-electron chi connectivity index (χ2n) is 3.32. The van der Waals surface area contributed by atoms with Gasteiger partial charge in [-0.05, 0) is 18.2 Å². The van der Waals surface area contributed by atoms with Crippen LogP contribution in [0.5, 0.6) is 5.75 Å². The van der Waals surface area contributed by atoms with Crippen LogP contribution in [0.1, 0.15) is 5.56 Å². The Morgan fingerprint density at radius 3 is 2.71 bits per heavy atom. The van der Waals surface area contributed by atoms with Crippen molar-refractivity contribution < 1.29 is 13.5 Å². The molecular formula is C12H8ClF2NO. The molecule has 0 amide bonds. The topological polar surface area (TPSA) is 22.1 Å². The third-order valence-electron chi connectivity index (χ3n) is 2.13. The average Bonchev–Trinajstić information content (AvgIpc) is 2.33. The summed E-state index contributed by atoms with van der Waals surface area (Å²) in [6, 6.07) is 7.25. The van der Waals surface area contributed by atoms with Crippen molar-refractivity contribution in [2.45, 2.75) is 6.61 Å². The molecule has 88 valence electrons. The maximum absolute atomic E-state index is 13.5. The van der Waals surface area contributed by atoms with Crippen LogP contribution in [0.25, 0.3) is 0 Å². The van der Waals surface area contributed by atoms with Gasteiger partial charge in [0.05, 0.1) is 11.2 Å². The van der Waals surface area contributed by atoms with E-state index < -0.39 is 11.8 Å². The van der Waals surface area contributed by atoms with Crippen molar-refractivity contribution in [3.63, 3.8) is 0 Å². The molecule has 0 fully saturated rings. The van der Waals surface area contributed by atoms with E-state index in [9.17, 15) is 8.78 Å². The third kappa shape index (κ3) is 2.91. The maximum atomic E-state index is 13.5. The van der Waals surface area contributed by atoms with E-state index in [0.29, 0.717) is 11.3 Å². The molecule has 5 heteroatoms. The van der Waals surface area contributed by atoms with E-state index in [1.165, 1.54) is 24.4 Å². The molecule has 0 saturated carbocycles. The highest BCUT2D eigenvalue weighted by Crippen LogP contribution is 2.19. The summed E-state index contributed by atoms with van der Waals surface area (Å²) in [5, 5.41) is 0.0448. The van der Waals surface area contributed by atoms with Crippen LogP contribution in [0.4, 0.5) is 8.78 Å². The summed E-state index contributed by atoms with van der Waals surface area (Å²) in [6.07, 6.45) is 1.23. The van der Waals surface area contributed by atoms with Gasteiger partial charge >= 0.3 is 0 Å². The highest BCUT2D eigenvalue weighted by molar-refractivity contribution is 6.30. The summed E-state index contributed by atoms with van der Waals surface area (Å²) in [7, 11) is 0. The Kier molecular flexibility index (Phi) is 3.54. The van der Waals surface area contributed by atoms with E-state index in [-0.39, 0.29) is 11.6 Å². The van der Waals surface area contributed by atoms with Crippen LogP contribution in [0.2, 0.25) is 5.02 Å². The van der Waals surface area contributed by atoms with Crippen molar-refractivity contribution in [3.8, 4) is 5.75 Å². The molecular weight excluding hydrogens is 248 g/mol. The number of nitrogens with zero attached hydrogens (tertiary/aromatic N) is 1. The van der Waals surface area contributed by atoms with Gasteiger partial charge in [-0.1, -0.05) is 23.7 Å². The number of hydrogen-bond donors (Lipinski definition) is 0. The van der Waals surface area contributed by atoms with Crippen LogP contribution in [0.3, 0.4) is 0 Å². The Balaban J connectivity index is 2.07. The molecule has 0 bridgehead atoms. The van der Waals surface area contributed by atoms with Gasteiger partial charge in [0, 0.05) is 5.56 Å². The fraction of sp³-hybridized carbons (Fsp3) is 0.0833. The van der Waals surface area contributed by atoms with E-state index in [1.54, 1.807) is 12.1 Å². The van der Waals surface area contributed by atoms with Gasteiger partial charge < -0.3 is 4.74 Å². The highest BCUT2D eigenvalue weighted by Gasteiger charge is 2.06. The van der Waals surface area contributed by atoms with E-state index in [2.05, 4.69) is 4.98 Å². The van der Waals surface area contributed by atoms with Gasteiger partial charge in [-0.25, -0.2) is 9.37 Å². The Hall–Kier alpha value is -1.68. The Labute approximate surface area is 102 Å². The zero-order valence-corrected chi connectivity index (χ0v) is 9.42. The van der Waals surface area contributed by atoms with Gasteiger partial charge in [0.25, 0.3) is 0 Å². The molecule has 0 spiro atoms. The van der Waals surface area contributed by atoms with Gasteiger partial charge in [-0.15, -0.1) is 0 Å². The summed E-state index contributed by atoms with van der Waals surface area (Å²) in [4.78, 5) is 3.42. The first-order chi connectivity index (χ1) is 8.16. The quantitative estimate of drug-likeness (QED) is 0.782. The molecule has 2 nitrogen and oxygen atoms in total. The zero-order valence-electron chi connectivity index (χ0n) is 8.66. The molecule has 0 N–H and O–H groups in total. The highest BCUT2D eigenvalue weighted by atomic mass is 35.5. The number of aromatic nitrogens is 1. The SMILES string of the molecule is Fc1ccc(OCc2cccc(Cl)c2F)cn1. The Bertz CT molecular complexity index is 516. The van der Waals surface area contributed by atoms with Crippen LogP contribution in [0.15, 0.2) is 36.5 Å². The summed E-state index contributed by atoms with van der Waals surface area (Å²) < 4.78 is 31.3. The minimum atomic E-state index is -0.591. The molecule has 1 aromatic heterocycles. The predicted octanol–water partition coefficient (Wildman–Crippen LogP) is 3.59. The summed E-state index contributed by atoms with van der Waals surface area (Å²) >= 11 is 5.62. The van der Waals surface area contributed by atoms with E-state index in [0.717, 1.165) is 0 Å². The molecule has 0 atom stereocenters. The molecule has 1 aromatic carbocycles. The van der Waals surface area contributed by atoms with Crippen LogP contribution < -0.4 is 4.74 Å². The van der Waals surface area contributed by atoms with Gasteiger partial charge in [-0.3, -0.25) is 0 Å². The minimum absolute atomic E-state index is 0.0136. The average molecular weight is 256 g/mol. The number of hydrogen-bond acceptors (Lipinski definition) is 2. The summed E-state index contributed by atoms with van der Waals surface area (Å²) in [6.45, 7) is 0.0136. The largest absolute Gasteiger partial charge is 0.487 e. The minimum Gasteiger partial charge on any atom is -0.487 e. The molecule has 0 radical (unpaired) electrons. The van der Waals surface area contributed by atoms with E-state index in [1.807, 2.05) is 0 Å². The maximum Gasteiger partial charge on any atom is 0.213 e. The van der Waals surface area contributed by atoms with Gasteiger partial charge in [0.1, 0.15) is 18.2 Å². The van der Waals surface area contributed by atoms with Crippen molar-refractivity contribution in [3.05, 3.63) is 58.9 Å². The molecule has 0 aliphatic carbocycles. The predicted molar refractivity (Wildman–Crippen MR) is 59.9 cm³/mol. The van der Waals surface area contributed by atoms with Crippen LogP contribution in [-0.2, 0) is 6.61 Å². The first-order valence-electron chi connectivity index (χ1n) is 4.84. The van der Waals surface area contributed by atoms with Gasteiger partial charge in [0.2, 0.25) is 5.95 Å². The van der Waals surface area contributed by atoms with Crippen molar-refractivity contribution in [2.75, 3.05) is 0 Å². The van der Waals surface area contributed by atoms with Crippen molar-refractivity contribution in [1.82, 2.24) is 4.98 Å². The van der Waals surface area contributed by atoms with E-state index >= 15 is 0 Å². The van der Waals surface area contributed by atoms with Crippen molar-refractivity contribution in [1.29, 1.82) is 0 Å². The monoisotopic (exact) mass is 255 g/mol. The molecule has 0 aliphatic rings. The normalized spacial score (nSPS) is 10.3. The number of rotatable bonds is 3. The van der Waals surface area contributed by atoms with Crippen LogP contribution in [0, 0.1) is 11.8 Å². The molecule has 0 unspecified atom stereocenters. The number of pyridine rings is 1. The van der Waals surface area contributed by atoms with E-state index in [4.69, 9.17) is 16.3 Å². The fourth-order valence-corrected chi connectivity index (χ4v) is 1.46. The fourth-order valence-electron chi connectivity index (χ4n) is 1.27. The second-order valence-corrected chi connectivity index (χ2v) is 3.73.